The third kappa shape index (κ3) is 7.62. The largest absolute Gasteiger partial charge is 1.00 e. The standard InChI is InChI=1S/C7H16N2O.ClH/c1-5-6-9(3,4)8-7(2)10;/h5-6H2,1-4H3;1H. The molecule has 0 aliphatic rings. The van der Waals surface area contributed by atoms with Crippen LogP contribution in [0.4, 0.5) is 0 Å². The fourth-order valence-corrected chi connectivity index (χ4v) is 1.04. The van der Waals surface area contributed by atoms with Gasteiger partial charge in [0.15, 0.2) is 0 Å². The van der Waals surface area contributed by atoms with Crippen molar-refractivity contribution in [3.8, 4) is 0 Å². The normalized spacial score (nSPS) is 10.2. The molecule has 0 unspecified atom stereocenters. The molecule has 0 atom stereocenters. The van der Waals surface area contributed by atoms with E-state index in [2.05, 4.69) is 12.3 Å². The molecule has 11 heavy (non-hydrogen) atoms. The fourth-order valence-electron chi connectivity index (χ4n) is 1.04. The van der Waals surface area contributed by atoms with Crippen molar-refractivity contribution in [3.05, 3.63) is 0 Å². The zero-order valence-corrected chi connectivity index (χ0v) is 8.40. The first-order valence-electron chi connectivity index (χ1n) is 3.60. The Labute approximate surface area is 74.7 Å². The quantitative estimate of drug-likeness (QED) is 0.379. The van der Waals surface area contributed by atoms with Crippen molar-refractivity contribution < 1.29 is 21.8 Å². The van der Waals surface area contributed by atoms with Gasteiger partial charge >= 0.3 is 0 Å². The molecule has 1 amide bonds. The first kappa shape index (κ1) is 13.3. The van der Waals surface area contributed by atoms with Crippen molar-refractivity contribution in [2.45, 2.75) is 20.3 Å². The molecule has 0 aliphatic carbocycles. The van der Waals surface area contributed by atoms with Crippen LogP contribution >= 0.6 is 0 Å². The highest BCUT2D eigenvalue weighted by Gasteiger charge is 2.13. The monoisotopic (exact) mass is 180 g/mol. The molecule has 68 valence electrons. The van der Waals surface area contributed by atoms with Gasteiger partial charge in [-0.05, 0) is 6.42 Å². The molecule has 0 heterocycles. The molecule has 3 nitrogen and oxygen atoms in total. The first-order valence-corrected chi connectivity index (χ1v) is 3.60. The van der Waals surface area contributed by atoms with Crippen LogP contribution in [0.1, 0.15) is 20.3 Å². The zero-order chi connectivity index (χ0) is 8.20. The molecule has 0 radical (unpaired) electrons. The Morgan fingerprint density at radius 2 is 1.91 bits per heavy atom. The highest BCUT2D eigenvalue weighted by atomic mass is 35.5. The fraction of sp³-hybridized carbons (Fsp3) is 0.857. The molecule has 4 heteroatoms. The van der Waals surface area contributed by atoms with Crippen molar-refractivity contribution >= 4 is 5.91 Å². The van der Waals surface area contributed by atoms with Crippen molar-refractivity contribution in [2.24, 2.45) is 0 Å². The minimum Gasteiger partial charge on any atom is -1.00 e. The number of nitrogens with one attached hydrogen (secondary N) is 1. The summed E-state index contributed by atoms with van der Waals surface area (Å²) in [5, 5.41) is 0. The average molecular weight is 181 g/mol. The third-order valence-corrected chi connectivity index (χ3v) is 1.24. The lowest BCUT2D eigenvalue weighted by Gasteiger charge is -2.27. The molecule has 0 aromatic carbocycles. The number of rotatable bonds is 3. The smallest absolute Gasteiger partial charge is 0.261 e. The number of amides is 1. The van der Waals surface area contributed by atoms with Crippen molar-refractivity contribution in [2.75, 3.05) is 20.6 Å². The number of carbonyl (C=O) groups excluding carboxylic acids is 1. The van der Waals surface area contributed by atoms with Crippen LogP contribution in [0.5, 0.6) is 0 Å². The SMILES string of the molecule is CCC[N+](C)(C)NC(C)=O.[Cl-]. The van der Waals surface area contributed by atoms with E-state index in [-0.39, 0.29) is 18.3 Å². The van der Waals surface area contributed by atoms with Gasteiger partial charge in [-0.1, -0.05) is 6.92 Å². The van der Waals surface area contributed by atoms with Crippen molar-refractivity contribution in [1.82, 2.24) is 5.43 Å². The maximum atomic E-state index is 10.6. The molecule has 0 spiro atoms. The van der Waals surface area contributed by atoms with Gasteiger partial charge in [0.1, 0.15) is 6.54 Å². The summed E-state index contributed by atoms with van der Waals surface area (Å²) < 4.78 is 0.575. The van der Waals surface area contributed by atoms with Crippen LogP contribution < -0.4 is 17.8 Å². The predicted molar refractivity (Wildman–Crippen MR) is 41.1 cm³/mol. The summed E-state index contributed by atoms with van der Waals surface area (Å²) in [5.41, 5.74) is 2.82. The van der Waals surface area contributed by atoms with Crippen LogP contribution in [-0.4, -0.2) is 31.1 Å². The average Bonchev–Trinajstić information content (AvgIpc) is 1.59. The summed E-state index contributed by atoms with van der Waals surface area (Å²) in [5.74, 6) is 0.0263. The predicted octanol–water partition coefficient (Wildman–Crippen LogP) is -2.47. The van der Waals surface area contributed by atoms with Gasteiger partial charge in [-0.15, -0.1) is 0 Å². The molecule has 0 saturated heterocycles. The zero-order valence-electron chi connectivity index (χ0n) is 7.65. The van der Waals surface area contributed by atoms with Gasteiger partial charge in [0.2, 0.25) is 0 Å². The Hall–Kier alpha value is -0.280. The minimum atomic E-state index is 0. The summed E-state index contributed by atoms with van der Waals surface area (Å²) in [6, 6.07) is 0. The summed E-state index contributed by atoms with van der Waals surface area (Å²) in [6.07, 6.45) is 1.08. The van der Waals surface area contributed by atoms with E-state index >= 15 is 0 Å². The van der Waals surface area contributed by atoms with Crippen LogP contribution in [0, 0.1) is 0 Å². The van der Waals surface area contributed by atoms with E-state index in [0.717, 1.165) is 13.0 Å². The summed E-state index contributed by atoms with van der Waals surface area (Å²) in [7, 11) is 3.95. The number of halogens is 1. The first-order chi connectivity index (χ1) is 4.48. The second kappa shape index (κ2) is 5.38. The number of hydrogen-bond acceptors (Lipinski definition) is 1. The lowest BCUT2D eigenvalue weighted by Crippen LogP contribution is -3.00. The van der Waals surface area contributed by atoms with Crippen LogP contribution in [0.3, 0.4) is 0 Å². The molecule has 1 N–H and O–H groups in total. The van der Waals surface area contributed by atoms with E-state index < -0.39 is 0 Å². The number of hydrogen-bond donors (Lipinski definition) is 1. The highest BCUT2D eigenvalue weighted by Crippen LogP contribution is 1.92. The van der Waals surface area contributed by atoms with Gasteiger partial charge in [0.05, 0.1) is 14.1 Å². The van der Waals surface area contributed by atoms with Crippen LogP contribution in [0.2, 0.25) is 0 Å². The van der Waals surface area contributed by atoms with Crippen molar-refractivity contribution in [1.29, 1.82) is 0 Å². The Morgan fingerprint density at radius 3 is 2.18 bits per heavy atom. The maximum absolute atomic E-state index is 10.6. The van der Waals surface area contributed by atoms with Gasteiger partial charge in [0, 0.05) is 6.92 Å². The second-order valence-electron chi connectivity index (χ2n) is 3.08. The lowest BCUT2D eigenvalue weighted by atomic mass is 10.4. The Bertz CT molecular complexity index is 126. The molecule has 0 aromatic heterocycles. The molecule has 0 aliphatic heterocycles. The third-order valence-electron chi connectivity index (χ3n) is 1.24. The second-order valence-corrected chi connectivity index (χ2v) is 3.08. The van der Waals surface area contributed by atoms with Gasteiger partial charge in [-0.2, -0.15) is 0 Å². The number of nitrogens with zero attached hydrogens (tertiary/aromatic N) is 1. The highest BCUT2D eigenvalue weighted by molar-refractivity contribution is 5.71. The van der Waals surface area contributed by atoms with Gasteiger partial charge in [-0.3, -0.25) is 4.79 Å². The Morgan fingerprint density at radius 1 is 1.45 bits per heavy atom. The van der Waals surface area contributed by atoms with E-state index in [1.54, 1.807) is 0 Å². The molecule has 0 aromatic rings. The van der Waals surface area contributed by atoms with Gasteiger partial charge in [-0.25, -0.2) is 10.0 Å². The molecule has 0 fully saturated rings. The molecule has 0 rings (SSSR count). The van der Waals surface area contributed by atoms with Crippen molar-refractivity contribution in [3.63, 3.8) is 0 Å². The molecular formula is C7H17ClN2O. The number of carbonyl (C=O) groups is 1. The topological polar surface area (TPSA) is 29.1 Å². The van der Waals surface area contributed by atoms with Crippen LogP contribution in [-0.2, 0) is 4.79 Å². The van der Waals surface area contributed by atoms with E-state index in [1.165, 1.54) is 6.92 Å². The van der Waals surface area contributed by atoms with Crippen LogP contribution in [0.15, 0.2) is 0 Å². The van der Waals surface area contributed by atoms with E-state index in [0.29, 0.717) is 4.59 Å². The van der Waals surface area contributed by atoms with Gasteiger partial charge in [0.25, 0.3) is 5.91 Å². The molecular weight excluding hydrogens is 164 g/mol. The van der Waals surface area contributed by atoms with Gasteiger partial charge < -0.3 is 12.4 Å². The molecule has 0 bridgehead atoms. The summed E-state index contributed by atoms with van der Waals surface area (Å²) >= 11 is 0. The van der Waals surface area contributed by atoms with Crippen LogP contribution in [0.25, 0.3) is 0 Å². The summed E-state index contributed by atoms with van der Waals surface area (Å²) in [6.45, 7) is 4.61. The Kier molecular flexibility index (Phi) is 6.52. The molecule has 0 saturated carbocycles. The maximum Gasteiger partial charge on any atom is 0.261 e. The minimum absolute atomic E-state index is 0. The Balaban J connectivity index is 0. The summed E-state index contributed by atoms with van der Waals surface area (Å²) in [4.78, 5) is 10.6. The van der Waals surface area contributed by atoms with E-state index in [4.69, 9.17) is 0 Å². The lowest BCUT2D eigenvalue weighted by molar-refractivity contribution is -0.925. The number of quaternary nitrogens is 1. The van der Waals surface area contributed by atoms with E-state index in [9.17, 15) is 4.79 Å². The van der Waals surface area contributed by atoms with E-state index in [1.807, 2.05) is 14.1 Å².